The molecule has 1 fully saturated rings. The van der Waals surface area contributed by atoms with Crippen LogP contribution in [0.5, 0.6) is 0 Å². The van der Waals surface area contributed by atoms with Crippen molar-refractivity contribution in [3.05, 3.63) is 53.7 Å². The third kappa shape index (κ3) is 5.25. The number of alkyl halides is 3. The van der Waals surface area contributed by atoms with E-state index in [2.05, 4.69) is 10.3 Å². The van der Waals surface area contributed by atoms with Crippen molar-refractivity contribution >= 4 is 41.1 Å². The largest absolute Gasteiger partial charge is 0.452 e. The summed E-state index contributed by atoms with van der Waals surface area (Å²) in [4.78, 5) is 53.3. The normalized spacial score (nSPS) is 16.2. The van der Waals surface area contributed by atoms with Crippen LogP contribution >= 0.6 is 11.8 Å². The fourth-order valence-corrected chi connectivity index (χ4v) is 3.98. The van der Waals surface area contributed by atoms with Gasteiger partial charge in [-0.2, -0.15) is 13.2 Å². The van der Waals surface area contributed by atoms with Crippen molar-refractivity contribution in [1.82, 2.24) is 9.88 Å². The number of rotatable bonds is 6. The van der Waals surface area contributed by atoms with Gasteiger partial charge in [-0.05, 0) is 24.3 Å². The number of halogens is 3. The lowest BCUT2D eigenvalue weighted by atomic mass is 10.1. The number of hydrogen-bond acceptors (Lipinski definition) is 7. The number of ether oxygens (including phenoxy) is 1. The Kier molecular flexibility index (Phi) is 6.82. The third-order valence-corrected chi connectivity index (χ3v) is 5.63. The van der Waals surface area contributed by atoms with Crippen LogP contribution in [0, 0.1) is 0 Å². The number of carbonyl (C=O) groups is 4. The van der Waals surface area contributed by atoms with Crippen molar-refractivity contribution < 1.29 is 37.1 Å². The van der Waals surface area contributed by atoms with Gasteiger partial charge in [0.2, 0.25) is 11.8 Å². The van der Waals surface area contributed by atoms with E-state index >= 15 is 0 Å². The number of benzene rings is 1. The van der Waals surface area contributed by atoms with E-state index in [1.54, 1.807) is 0 Å². The van der Waals surface area contributed by atoms with E-state index < -0.39 is 47.1 Å². The van der Waals surface area contributed by atoms with Gasteiger partial charge in [-0.1, -0.05) is 23.9 Å². The Balaban J connectivity index is 1.65. The lowest BCUT2D eigenvalue weighted by Crippen LogP contribution is -2.26. The number of hydrogen-bond donors (Lipinski definition) is 1. The average molecular weight is 467 g/mol. The van der Waals surface area contributed by atoms with Gasteiger partial charge in [0.05, 0.1) is 22.1 Å². The summed E-state index contributed by atoms with van der Waals surface area (Å²) in [7, 11) is 1.36. The summed E-state index contributed by atoms with van der Waals surface area (Å²) < 4.78 is 44.0. The second kappa shape index (κ2) is 9.39. The molecule has 2 aromatic rings. The van der Waals surface area contributed by atoms with Crippen molar-refractivity contribution in [2.45, 2.75) is 22.9 Å². The predicted molar refractivity (Wildman–Crippen MR) is 107 cm³/mol. The number of carbonyl (C=O) groups excluding carboxylic acids is 4. The first-order chi connectivity index (χ1) is 15.1. The molecule has 2 heterocycles. The number of anilines is 1. The van der Waals surface area contributed by atoms with E-state index in [1.807, 2.05) is 0 Å². The molecule has 1 saturated heterocycles. The topological polar surface area (TPSA) is 106 Å². The Morgan fingerprint density at radius 3 is 2.59 bits per heavy atom. The summed E-state index contributed by atoms with van der Waals surface area (Å²) in [5, 5.41) is 1.44. The van der Waals surface area contributed by atoms with Gasteiger partial charge in [0.15, 0.2) is 6.61 Å². The Morgan fingerprint density at radius 2 is 1.94 bits per heavy atom. The van der Waals surface area contributed by atoms with Crippen molar-refractivity contribution in [3.8, 4) is 0 Å². The highest BCUT2D eigenvalue weighted by atomic mass is 32.2. The van der Waals surface area contributed by atoms with Gasteiger partial charge in [0.25, 0.3) is 5.91 Å². The molecule has 3 rings (SSSR count). The molecule has 1 N–H and O–H groups in total. The van der Waals surface area contributed by atoms with E-state index in [4.69, 9.17) is 4.74 Å². The number of amides is 3. The molecule has 1 unspecified atom stereocenters. The highest BCUT2D eigenvalue weighted by Crippen LogP contribution is 2.34. The van der Waals surface area contributed by atoms with Crippen molar-refractivity contribution in [3.63, 3.8) is 0 Å². The van der Waals surface area contributed by atoms with Gasteiger partial charge >= 0.3 is 12.1 Å². The first kappa shape index (κ1) is 23.3. The zero-order chi connectivity index (χ0) is 23.5. The number of thioether (sulfide) groups is 1. The minimum absolute atomic E-state index is 0.0456. The quantitative estimate of drug-likeness (QED) is 0.514. The Morgan fingerprint density at radius 1 is 1.22 bits per heavy atom. The molecule has 0 spiro atoms. The second-order valence-corrected chi connectivity index (χ2v) is 7.82. The van der Waals surface area contributed by atoms with Crippen LogP contribution in [0.15, 0.2) is 47.6 Å². The molecule has 1 atom stereocenters. The Labute approximate surface area is 184 Å². The molecule has 1 aromatic heterocycles. The molecule has 0 saturated carbocycles. The molecule has 1 aromatic carbocycles. The Hall–Kier alpha value is -3.41. The highest BCUT2D eigenvalue weighted by Gasteiger charge is 2.38. The van der Waals surface area contributed by atoms with Crippen LogP contribution in [-0.4, -0.2) is 52.5 Å². The van der Waals surface area contributed by atoms with Gasteiger partial charge in [0.1, 0.15) is 5.03 Å². The second-order valence-electron chi connectivity index (χ2n) is 6.63. The summed E-state index contributed by atoms with van der Waals surface area (Å²) >= 11 is 0.914. The van der Waals surface area contributed by atoms with Crippen molar-refractivity contribution in [2.24, 2.45) is 0 Å². The molecular weight excluding hydrogens is 451 g/mol. The van der Waals surface area contributed by atoms with Crippen LogP contribution in [0.1, 0.15) is 22.3 Å². The van der Waals surface area contributed by atoms with Gasteiger partial charge < -0.3 is 10.1 Å². The maximum Gasteiger partial charge on any atom is 0.418 e. The SMILES string of the molecule is CN1C(=O)CC(Sc2ncccc2C(=O)OCC(=O)Nc2ccccc2C(F)(F)F)C1=O. The van der Waals surface area contributed by atoms with E-state index in [0.29, 0.717) is 0 Å². The summed E-state index contributed by atoms with van der Waals surface area (Å²) in [6.45, 7) is -0.840. The molecule has 3 amide bonds. The first-order valence-corrected chi connectivity index (χ1v) is 10.0. The molecule has 0 bridgehead atoms. The first-order valence-electron chi connectivity index (χ1n) is 9.13. The van der Waals surface area contributed by atoms with Crippen LogP contribution in [0.2, 0.25) is 0 Å². The fourth-order valence-electron chi connectivity index (χ4n) is 2.82. The molecule has 0 aliphatic carbocycles. The van der Waals surface area contributed by atoms with E-state index in [-0.39, 0.29) is 22.9 Å². The summed E-state index contributed by atoms with van der Waals surface area (Å²) in [6.07, 6.45) is -3.34. The lowest BCUT2D eigenvalue weighted by Gasteiger charge is -2.14. The molecular formula is C20H16F3N3O5S. The average Bonchev–Trinajstić information content (AvgIpc) is 2.98. The van der Waals surface area contributed by atoms with Crippen molar-refractivity contribution in [1.29, 1.82) is 0 Å². The standard InChI is InChI=1S/C20H16F3N3O5S/c1-26-16(28)9-14(18(26)29)32-17-11(5-4-8-24-17)19(30)31-10-15(27)25-13-7-3-2-6-12(13)20(21,22)23/h2-8,14H,9-10H2,1H3,(H,25,27). The summed E-state index contributed by atoms with van der Waals surface area (Å²) in [6, 6.07) is 7.19. The van der Waals surface area contributed by atoms with E-state index in [0.717, 1.165) is 28.8 Å². The molecule has 8 nitrogen and oxygen atoms in total. The van der Waals surface area contributed by atoms with Crippen LogP contribution in [0.4, 0.5) is 18.9 Å². The summed E-state index contributed by atoms with van der Waals surface area (Å²) in [5.74, 6) is -2.70. The lowest BCUT2D eigenvalue weighted by molar-refractivity contribution is -0.138. The monoisotopic (exact) mass is 467 g/mol. The molecule has 1 aliphatic rings. The van der Waals surface area contributed by atoms with E-state index in [9.17, 15) is 32.3 Å². The molecule has 32 heavy (non-hydrogen) atoms. The van der Waals surface area contributed by atoms with Crippen LogP contribution in [-0.2, 0) is 25.3 Å². The maximum atomic E-state index is 13.0. The molecule has 12 heteroatoms. The number of imide groups is 1. The zero-order valence-corrected chi connectivity index (χ0v) is 17.3. The van der Waals surface area contributed by atoms with Gasteiger partial charge in [-0.15, -0.1) is 0 Å². The van der Waals surface area contributed by atoms with Crippen LogP contribution in [0.3, 0.4) is 0 Å². The number of para-hydroxylation sites is 1. The minimum Gasteiger partial charge on any atom is -0.452 e. The number of pyridine rings is 1. The highest BCUT2D eigenvalue weighted by molar-refractivity contribution is 8.00. The molecule has 168 valence electrons. The zero-order valence-electron chi connectivity index (χ0n) is 16.5. The number of esters is 1. The molecule has 1 aliphatic heterocycles. The van der Waals surface area contributed by atoms with Gasteiger partial charge in [-0.3, -0.25) is 19.3 Å². The maximum absolute atomic E-state index is 13.0. The van der Waals surface area contributed by atoms with E-state index in [1.165, 1.54) is 37.5 Å². The van der Waals surface area contributed by atoms with Gasteiger partial charge in [0, 0.05) is 19.7 Å². The number of likely N-dealkylation sites (tertiary alicyclic amines) is 1. The fraction of sp³-hybridized carbons (Fsp3) is 0.250. The number of nitrogens with zero attached hydrogens (tertiary/aromatic N) is 2. The van der Waals surface area contributed by atoms with Crippen molar-refractivity contribution in [2.75, 3.05) is 19.0 Å². The Bertz CT molecular complexity index is 1080. The van der Waals surface area contributed by atoms with Crippen LogP contribution < -0.4 is 5.32 Å². The third-order valence-electron chi connectivity index (χ3n) is 4.43. The number of aromatic nitrogens is 1. The van der Waals surface area contributed by atoms with Gasteiger partial charge in [-0.25, -0.2) is 9.78 Å². The van der Waals surface area contributed by atoms with Crippen LogP contribution in [0.25, 0.3) is 0 Å². The summed E-state index contributed by atoms with van der Waals surface area (Å²) in [5.41, 5.74) is -1.55. The smallest absolute Gasteiger partial charge is 0.418 e. The molecule has 0 radical (unpaired) electrons. The predicted octanol–water partition coefficient (Wildman–Crippen LogP) is 2.75. The minimum atomic E-state index is -4.67. The number of nitrogens with one attached hydrogen (secondary N) is 1.